The summed E-state index contributed by atoms with van der Waals surface area (Å²) < 4.78 is 0. The molecule has 0 atom stereocenters. The molecular formula is C107H3-. The van der Waals surface area contributed by atoms with Gasteiger partial charge in [0.05, 0.1) is 0 Å². The Morgan fingerprint density at radius 1 is 0.0748 bits per heavy atom. The zero-order valence-corrected chi connectivity index (χ0v) is 53.8. The van der Waals surface area contributed by atoms with Gasteiger partial charge in [-0.25, -0.2) is 5.92 Å². The fraction of sp³-hybridized carbons (Fsp3) is 0. The van der Waals surface area contributed by atoms with Crippen molar-refractivity contribution in [3.63, 3.8) is 0 Å². The highest BCUT2D eigenvalue weighted by atomic mass is 13.7. The topological polar surface area (TPSA) is 0 Å². The summed E-state index contributed by atoms with van der Waals surface area (Å²) in [5, 5.41) is 0. The minimum atomic E-state index is 2.12. The van der Waals surface area contributed by atoms with E-state index < -0.39 is 0 Å². The number of rotatable bonds is 0. The molecule has 107 heavy (non-hydrogen) atoms. The van der Waals surface area contributed by atoms with Crippen molar-refractivity contribution in [3.05, 3.63) is 6.92 Å². The van der Waals surface area contributed by atoms with E-state index >= 15 is 0 Å². The molecule has 0 spiro atoms. The maximum atomic E-state index is 4.95. The molecule has 0 aliphatic rings. The lowest BCUT2D eigenvalue weighted by molar-refractivity contribution is 2.31. The molecule has 0 unspecified atom stereocenters. The first-order chi connectivity index (χ1) is 53.4. The molecule has 0 radical (unpaired) electrons. The zero-order valence-electron chi connectivity index (χ0n) is 53.8. The lowest BCUT2D eigenvalue weighted by Crippen LogP contribution is -1.57. The Hall–Kier alpha value is -23.4. The van der Waals surface area contributed by atoms with E-state index in [9.17, 15) is 0 Å². The van der Waals surface area contributed by atoms with Crippen molar-refractivity contribution in [2.24, 2.45) is 0 Å². The minimum Gasteiger partial charge on any atom is -0.284 e. The van der Waals surface area contributed by atoms with Crippen LogP contribution < -0.4 is 0 Å². The SMILES string of the molecule is C#CC#CC#CC#CC#CC#CC#CC#CC#CC#CC#CC#CC#CC#CC#CC#CC#CC#CC#CC#CC#CC#CC#CC#CC#CC#CC#CC#CC#CC#CC#CC#CC#CC#CC#CC#CC#CC#CC#CC#CC#CC#CC#CC#CC#CC#CC#CC#CC#CC#CC#CC#CC#C[CH2-]. The highest BCUT2D eigenvalue weighted by Crippen LogP contribution is 1.68. The van der Waals surface area contributed by atoms with Gasteiger partial charge in [-0.1, -0.05) is 0 Å². The lowest BCUT2D eigenvalue weighted by Gasteiger charge is -1.64. The predicted octanol–water partition coefficient (Wildman–Crippen LogP) is 0.630. The Kier molecular flexibility index (Phi) is 64.5. The van der Waals surface area contributed by atoms with E-state index in [1.54, 1.807) is 0 Å². The molecule has 0 saturated heterocycles. The molecule has 0 fully saturated rings. The van der Waals surface area contributed by atoms with Gasteiger partial charge in [0.15, 0.2) is 0 Å². The van der Waals surface area contributed by atoms with E-state index in [0.717, 1.165) is 0 Å². The Balaban J connectivity index is 4.64. The molecule has 0 rings (SSSR count). The number of hydrogen-bond acceptors (Lipinski definition) is 0. The third-order valence-corrected chi connectivity index (χ3v) is 6.54. The molecule has 0 amide bonds. The van der Waals surface area contributed by atoms with Gasteiger partial charge in [0.2, 0.25) is 0 Å². The van der Waals surface area contributed by atoms with Gasteiger partial charge in [0.1, 0.15) is 0 Å². The summed E-state index contributed by atoms with van der Waals surface area (Å²) in [5.74, 6) is 261. The second kappa shape index (κ2) is 82.6. The molecule has 0 aliphatic heterocycles. The Labute approximate surface area is 630 Å². The number of terminal acetylenes is 1. The van der Waals surface area contributed by atoms with Gasteiger partial charge in [-0.15, -0.1) is 12.3 Å². The van der Waals surface area contributed by atoms with Crippen molar-refractivity contribution in [1.82, 2.24) is 0 Å². The fourth-order valence-corrected chi connectivity index (χ4v) is 3.24. The van der Waals surface area contributed by atoms with Crippen LogP contribution in [0.25, 0.3) is 0 Å². The molecule has 0 aromatic heterocycles. The van der Waals surface area contributed by atoms with Gasteiger partial charge < -0.3 is 0 Å². The van der Waals surface area contributed by atoms with Crippen LogP contribution in [0.3, 0.4) is 0 Å². The molecule has 0 N–H and O–H groups in total. The molecule has 0 heterocycles. The van der Waals surface area contributed by atoms with Crippen LogP contribution in [0.4, 0.5) is 0 Å². The van der Waals surface area contributed by atoms with E-state index in [0.29, 0.717) is 0 Å². The van der Waals surface area contributed by atoms with Crippen molar-refractivity contribution in [1.29, 1.82) is 0 Å². The van der Waals surface area contributed by atoms with Crippen LogP contribution in [0.2, 0.25) is 0 Å². The second-order valence-electron chi connectivity index (χ2n) is 13.2. The lowest BCUT2D eigenvalue weighted by atomic mass is 10.4. The molecule has 0 heteroatoms. The summed E-state index contributed by atoms with van der Waals surface area (Å²) in [7, 11) is 0. The maximum Gasteiger partial charge on any atom is 0 e. The molecule has 0 aliphatic carbocycles. The average Bonchev–Trinajstić information content (AvgIpc) is 3.82. The summed E-state index contributed by atoms with van der Waals surface area (Å²) in [5.41, 5.74) is 0. The van der Waals surface area contributed by atoms with Crippen molar-refractivity contribution < 1.29 is 0 Å². The van der Waals surface area contributed by atoms with Crippen molar-refractivity contribution in [3.8, 4) is 628 Å². The fourth-order valence-electron chi connectivity index (χ4n) is 3.24. The van der Waals surface area contributed by atoms with Gasteiger partial charge in [-0.05, 0) is 94.7 Å². The second-order valence-corrected chi connectivity index (χ2v) is 13.2. The smallest absolute Gasteiger partial charge is 0 e. The van der Waals surface area contributed by atoms with Gasteiger partial charge >= 0.3 is 0 Å². The molecule has 0 bridgehead atoms. The maximum absolute atomic E-state index is 4.95. The Bertz CT molecular complexity index is 7590. The third kappa shape index (κ3) is 82.6. The van der Waals surface area contributed by atoms with Crippen molar-refractivity contribution in [2.75, 3.05) is 0 Å². The first-order valence-corrected chi connectivity index (χ1v) is 26.6. The van der Waals surface area contributed by atoms with Crippen LogP contribution in [0.5, 0.6) is 0 Å². The van der Waals surface area contributed by atoms with Crippen molar-refractivity contribution >= 4 is 0 Å². The minimum absolute atomic E-state index is 2.12. The normalized spacial score (nSPS) is 3.95. The number of hydrogen-bond donors (Lipinski definition) is 0. The first-order valence-electron chi connectivity index (χ1n) is 26.6. The highest BCUT2D eigenvalue weighted by Gasteiger charge is 1.68. The summed E-state index contributed by atoms with van der Waals surface area (Å²) in [6.45, 7) is 3.32. The summed E-state index contributed by atoms with van der Waals surface area (Å²) >= 11 is 0. The van der Waals surface area contributed by atoms with Crippen LogP contribution in [0, 0.1) is 635 Å². The summed E-state index contributed by atoms with van der Waals surface area (Å²) in [4.78, 5) is 0. The van der Waals surface area contributed by atoms with E-state index in [4.69, 9.17) is 6.42 Å². The quantitative estimate of drug-likeness (QED) is 0.247. The van der Waals surface area contributed by atoms with E-state index in [2.05, 4.69) is 629 Å². The zero-order chi connectivity index (χ0) is 76.2. The van der Waals surface area contributed by atoms with Gasteiger partial charge in [0, 0.05) is 509 Å². The van der Waals surface area contributed by atoms with Crippen LogP contribution in [-0.2, 0) is 0 Å². The standard InChI is InChI=1S/C107H3/c1-3-5-7-9-11-13-15-17-19-21-23-25-27-29-31-33-35-37-39-41-43-45-47-49-51-53-55-57-59-61-63-65-67-69-71-73-75-77-79-81-83-85-87-89-91-93-95-97-99-101-103-105-107-106-104-102-100-98-96-94-92-90-88-86-84-82-80-78-76-74-72-70-68-66-64-62-60-58-56-54-52-50-48-46-44-42-40-38-36-34-32-30-28-26-24-22-20-18-16-14-12-10-8-6-4-2/h1H,2H2/q-1. The van der Waals surface area contributed by atoms with Gasteiger partial charge in [0.25, 0.3) is 0 Å². The largest absolute Gasteiger partial charge is 0.284 e. The van der Waals surface area contributed by atoms with Gasteiger partial charge in [-0.2, -0.15) is 6.92 Å². The Morgan fingerprint density at radius 3 is 0.168 bits per heavy atom. The van der Waals surface area contributed by atoms with Crippen molar-refractivity contribution in [2.45, 2.75) is 0 Å². The van der Waals surface area contributed by atoms with E-state index in [1.807, 2.05) is 0 Å². The highest BCUT2D eigenvalue weighted by molar-refractivity contribution is 5.56. The molecule has 0 aromatic rings. The summed E-state index contributed by atoms with van der Waals surface area (Å²) in [6.07, 6.45) is 4.95. The predicted molar refractivity (Wildman–Crippen MR) is 419 cm³/mol. The molecular weight excluding hydrogens is 1290 g/mol. The van der Waals surface area contributed by atoms with Crippen LogP contribution in [0.15, 0.2) is 0 Å². The molecule has 0 aromatic carbocycles. The molecule has 0 saturated carbocycles. The Morgan fingerprint density at radius 2 is 0.121 bits per heavy atom. The van der Waals surface area contributed by atoms with Crippen LogP contribution in [-0.4, -0.2) is 0 Å². The van der Waals surface area contributed by atoms with Crippen LogP contribution in [0.1, 0.15) is 0 Å². The van der Waals surface area contributed by atoms with Crippen LogP contribution >= 0.6 is 0 Å². The third-order valence-electron chi connectivity index (χ3n) is 6.54. The summed E-state index contributed by atoms with van der Waals surface area (Å²) in [6, 6.07) is 0. The van der Waals surface area contributed by atoms with Gasteiger partial charge in [-0.3, -0.25) is 5.92 Å². The van der Waals surface area contributed by atoms with E-state index in [1.165, 1.54) is 0 Å². The monoisotopic (exact) mass is 1290 g/mol. The first kappa shape index (κ1) is 83.5. The average molecular weight is 1290 g/mol. The molecule has 0 nitrogen and oxygen atoms in total. The molecule has 432 valence electrons. The van der Waals surface area contributed by atoms with E-state index in [-0.39, 0.29) is 0 Å².